The average molecular weight is 315 g/mol. The number of nitrogens with one attached hydrogen (secondary N) is 1. The molecular formula is C17H21N3O3. The van der Waals surface area contributed by atoms with Gasteiger partial charge < -0.3 is 14.8 Å². The molecule has 23 heavy (non-hydrogen) atoms. The molecule has 1 N–H and O–H groups in total. The minimum absolute atomic E-state index is 0.596. The molecule has 1 amide bonds. The topological polar surface area (TPSA) is 73.2 Å². The van der Waals surface area contributed by atoms with Crippen LogP contribution in [-0.4, -0.2) is 27.8 Å². The normalized spacial score (nSPS) is 12.5. The number of amides is 1. The van der Waals surface area contributed by atoms with E-state index in [1.165, 1.54) is 0 Å². The quantitative estimate of drug-likeness (QED) is 0.861. The molecule has 2 rings (SSSR count). The van der Waals surface area contributed by atoms with E-state index < -0.39 is 17.7 Å². The molecule has 0 saturated heterocycles. The molecule has 0 aliphatic carbocycles. The van der Waals surface area contributed by atoms with Crippen LogP contribution in [0.4, 0.5) is 4.79 Å². The van der Waals surface area contributed by atoms with E-state index in [-0.39, 0.29) is 0 Å². The Bertz CT molecular complexity index is 659. The van der Waals surface area contributed by atoms with Gasteiger partial charge in [-0.25, -0.2) is 4.79 Å². The maximum Gasteiger partial charge on any atom is 0.408 e. The smallest absolute Gasteiger partial charge is 0.408 e. The van der Waals surface area contributed by atoms with Gasteiger partial charge in [0.1, 0.15) is 17.9 Å². The minimum atomic E-state index is -0.783. The summed E-state index contributed by atoms with van der Waals surface area (Å²) in [5, 5.41) is 6.76. The molecule has 0 fully saturated rings. The van der Waals surface area contributed by atoms with Gasteiger partial charge in [0.25, 0.3) is 0 Å². The summed E-state index contributed by atoms with van der Waals surface area (Å²) < 4.78 is 6.88. The summed E-state index contributed by atoms with van der Waals surface area (Å²) in [4.78, 5) is 23.0. The van der Waals surface area contributed by atoms with Crippen molar-refractivity contribution in [3.8, 4) is 0 Å². The Morgan fingerprint density at radius 3 is 2.65 bits per heavy atom. The zero-order valence-corrected chi connectivity index (χ0v) is 13.5. The lowest BCUT2D eigenvalue weighted by molar-refractivity contribution is -0.109. The van der Waals surface area contributed by atoms with Crippen LogP contribution in [0.2, 0.25) is 0 Å². The van der Waals surface area contributed by atoms with Gasteiger partial charge in [-0.3, -0.25) is 4.68 Å². The summed E-state index contributed by atoms with van der Waals surface area (Å²) in [5.41, 5.74) is 1.10. The third-order valence-corrected chi connectivity index (χ3v) is 3.01. The van der Waals surface area contributed by atoms with Crippen molar-refractivity contribution in [1.82, 2.24) is 15.1 Å². The monoisotopic (exact) mass is 315 g/mol. The van der Waals surface area contributed by atoms with Gasteiger partial charge in [0, 0.05) is 11.8 Å². The fraction of sp³-hybridized carbons (Fsp3) is 0.353. The van der Waals surface area contributed by atoms with Crippen LogP contribution in [0, 0.1) is 0 Å². The van der Waals surface area contributed by atoms with E-state index >= 15 is 0 Å². The van der Waals surface area contributed by atoms with Gasteiger partial charge >= 0.3 is 6.09 Å². The molecular weight excluding hydrogens is 294 g/mol. The number of hydrogen-bond acceptors (Lipinski definition) is 4. The molecule has 6 nitrogen and oxygen atoms in total. The number of aldehydes is 1. The Morgan fingerprint density at radius 1 is 1.35 bits per heavy atom. The zero-order valence-electron chi connectivity index (χ0n) is 13.5. The first kappa shape index (κ1) is 16.7. The average Bonchev–Trinajstić information content (AvgIpc) is 2.92. The SMILES string of the molecule is CC(C)(C)OC(=O)NC(C=O)c1cnn(Cc2ccccc2)c1. The summed E-state index contributed by atoms with van der Waals surface area (Å²) in [5.74, 6) is 0. The third kappa shape index (κ3) is 5.25. The van der Waals surface area contributed by atoms with E-state index in [1.54, 1.807) is 37.8 Å². The van der Waals surface area contributed by atoms with Crippen molar-refractivity contribution in [2.75, 3.05) is 0 Å². The van der Waals surface area contributed by atoms with Gasteiger partial charge in [-0.15, -0.1) is 0 Å². The predicted molar refractivity (Wildman–Crippen MR) is 85.9 cm³/mol. The number of hydrogen-bond donors (Lipinski definition) is 1. The highest BCUT2D eigenvalue weighted by Gasteiger charge is 2.21. The summed E-state index contributed by atoms with van der Waals surface area (Å²) in [6, 6.07) is 9.07. The standard InChI is InChI=1S/C17H21N3O3/c1-17(2,3)23-16(22)19-15(12-21)14-9-18-20(11-14)10-13-7-5-4-6-8-13/h4-9,11-12,15H,10H2,1-3H3,(H,19,22). The molecule has 0 aliphatic rings. The van der Waals surface area contributed by atoms with Crippen LogP contribution >= 0.6 is 0 Å². The molecule has 1 heterocycles. The van der Waals surface area contributed by atoms with E-state index in [4.69, 9.17) is 4.74 Å². The highest BCUT2D eigenvalue weighted by Crippen LogP contribution is 2.13. The Kier molecular flexibility index (Phi) is 5.16. The molecule has 0 spiro atoms. The lowest BCUT2D eigenvalue weighted by Gasteiger charge is -2.21. The van der Waals surface area contributed by atoms with Crippen LogP contribution in [0.15, 0.2) is 42.7 Å². The van der Waals surface area contributed by atoms with E-state index in [2.05, 4.69) is 10.4 Å². The van der Waals surface area contributed by atoms with Gasteiger partial charge in [-0.05, 0) is 26.3 Å². The lowest BCUT2D eigenvalue weighted by Crippen LogP contribution is -2.35. The third-order valence-electron chi connectivity index (χ3n) is 3.01. The molecule has 1 atom stereocenters. The fourth-order valence-electron chi connectivity index (χ4n) is 2.03. The lowest BCUT2D eigenvalue weighted by atomic mass is 10.2. The number of carbonyl (C=O) groups excluding carboxylic acids is 2. The Labute approximate surface area is 135 Å². The second kappa shape index (κ2) is 7.09. The van der Waals surface area contributed by atoms with Crippen LogP contribution in [0.5, 0.6) is 0 Å². The number of carbonyl (C=O) groups is 2. The van der Waals surface area contributed by atoms with E-state index in [0.29, 0.717) is 18.4 Å². The molecule has 0 saturated carbocycles. The maximum absolute atomic E-state index is 11.8. The largest absolute Gasteiger partial charge is 0.444 e. The highest BCUT2D eigenvalue weighted by atomic mass is 16.6. The molecule has 0 bridgehead atoms. The van der Waals surface area contributed by atoms with Gasteiger partial charge in [0.05, 0.1) is 12.7 Å². The van der Waals surface area contributed by atoms with Gasteiger partial charge in [0.15, 0.2) is 0 Å². The summed E-state index contributed by atoms with van der Waals surface area (Å²) in [6.07, 6.45) is 3.33. The van der Waals surface area contributed by atoms with Crippen molar-refractivity contribution in [1.29, 1.82) is 0 Å². The second-order valence-electron chi connectivity index (χ2n) is 6.22. The fourth-order valence-corrected chi connectivity index (χ4v) is 2.03. The predicted octanol–water partition coefficient (Wildman–Crippen LogP) is 2.70. The molecule has 1 aromatic carbocycles. The van der Waals surface area contributed by atoms with Crippen LogP contribution < -0.4 is 5.32 Å². The van der Waals surface area contributed by atoms with Crippen molar-refractivity contribution in [2.24, 2.45) is 0 Å². The number of rotatable bonds is 5. The molecule has 2 aromatic rings. The summed E-state index contributed by atoms with van der Waals surface area (Å²) >= 11 is 0. The Balaban J connectivity index is 2.02. The first-order chi connectivity index (χ1) is 10.9. The number of aromatic nitrogens is 2. The molecule has 1 aromatic heterocycles. The van der Waals surface area contributed by atoms with E-state index in [9.17, 15) is 9.59 Å². The molecule has 0 radical (unpaired) electrons. The Morgan fingerprint density at radius 2 is 2.04 bits per heavy atom. The number of benzene rings is 1. The van der Waals surface area contributed by atoms with Crippen LogP contribution in [0.25, 0.3) is 0 Å². The summed E-state index contributed by atoms with van der Waals surface area (Å²) in [6.45, 7) is 5.89. The van der Waals surface area contributed by atoms with Crippen molar-refractivity contribution >= 4 is 12.4 Å². The number of ether oxygens (including phenoxy) is 1. The maximum atomic E-state index is 11.8. The highest BCUT2D eigenvalue weighted by molar-refractivity contribution is 5.74. The van der Waals surface area contributed by atoms with Gasteiger partial charge in [-0.1, -0.05) is 30.3 Å². The summed E-state index contributed by atoms with van der Waals surface area (Å²) in [7, 11) is 0. The van der Waals surface area contributed by atoms with Crippen molar-refractivity contribution < 1.29 is 14.3 Å². The molecule has 1 unspecified atom stereocenters. The van der Waals surface area contributed by atoms with Crippen molar-refractivity contribution in [3.63, 3.8) is 0 Å². The molecule has 0 aliphatic heterocycles. The Hall–Kier alpha value is -2.63. The van der Waals surface area contributed by atoms with Gasteiger partial charge in [-0.2, -0.15) is 5.10 Å². The number of nitrogens with zero attached hydrogens (tertiary/aromatic N) is 2. The molecule has 122 valence electrons. The first-order valence-electron chi connectivity index (χ1n) is 7.38. The van der Waals surface area contributed by atoms with Crippen molar-refractivity contribution in [3.05, 3.63) is 53.9 Å². The van der Waals surface area contributed by atoms with Crippen LogP contribution in [0.3, 0.4) is 0 Å². The van der Waals surface area contributed by atoms with Crippen LogP contribution in [0.1, 0.15) is 37.9 Å². The minimum Gasteiger partial charge on any atom is -0.444 e. The van der Waals surface area contributed by atoms with E-state index in [0.717, 1.165) is 5.56 Å². The second-order valence-corrected chi connectivity index (χ2v) is 6.22. The zero-order chi connectivity index (χ0) is 16.9. The van der Waals surface area contributed by atoms with Crippen molar-refractivity contribution in [2.45, 2.75) is 39.0 Å². The van der Waals surface area contributed by atoms with Gasteiger partial charge in [0.2, 0.25) is 0 Å². The first-order valence-corrected chi connectivity index (χ1v) is 7.38. The van der Waals surface area contributed by atoms with E-state index in [1.807, 2.05) is 30.3 Å². The molecule has 6 heteroatoms. The van der Waals surface area contributed by atoms with Crippen LogP contribution in [-0.2, 0) is 16.1 Å². The number of alkyl carbamates (subject to hydrolysis) is 1.